The van der Waals surface area contributed by atoms with E-state index in [1.165, 1.54) is 0 Å². The van der Waals surface area contributed by atoms with Gasteiger partial charge in [-0.25, -0.2) is 0 Å². The number of pyridine rings is 1. The van der Waals surface area contributed by atoms with Gasteiger partial charge in [0.2, 0.25) is 0 Å². The summed E-state index contributed by atoms with van der Waals surface area (Å²) < 4.78 is 0. The average Bonchev–Trinajstić information content (AvgIpc) is 2.71. The zero-order valence-electron chi connectivity index (χ0n) is 11.3. The third-order valence-corrected chi connectivity index (χ3v) is 3.82. The van der Waals surface area contributed by atoms with Gasteiger partial charge in [-0.15, -0.1) is 0 Å². The third-order valence-electron chi connectivity index (χ3n) is 3.82. The first kappa shape index (κ1) is 13.1. The van der Waals surface area contributed by atoms with E-state index in [4.69, 9.17) is 0 Å². The van der Waals surface area contributed by atoms with Crippen LogP contribution in [0.3, 0.4) is 0 Å². The highest BCUT2D eigenvalue weighted by Crippen LogP contribution is 2.17. The van der Waals surface area contributed by atoms with Gasteiger partial charge in [-0.3, -0.25) is 9.78 Å². The molecule has 1 fully saturated rings. The summed E-state index contributed by atoms with van der Waals surface area (Å²) in [5.41, 5.74) is 1.52. The van der Waals surface area contributed by atoms with E-state index in [-0.39, 0.29) is 12.0 Å². The highest BCUT2D eigenvalue weighted by Gasteiger charge is 2.20. The van der Waals surface area contributed by atoms with Gasteiger partial charge in [-0.2, -0.15) is 0 Å². The van der Waals surface area contributed by atoms with Crippen LogP contribution in [0.5, 0.6) is 0 Å². The lowest BCUT2D eigenvalue weighted by atomic mass is 10.1. The molecule has 0 bridgehead atoms. The zero-order chi connectivity index (χ0) is 13.9. The summed E-state index contributed by atoms with van der Waals surface area (Å²) in [5, 5.41) is 10.6. The standard InChI is InChI=1S/C16H18N2O2/c19-14-5-3-8-18(9-7-14)16(20)13-10-12-4-1-2-6-15(12)17-11-13/h1-2,4,6,10-11,14,19H,3,5,7-9H2/t14-/m0/s1. The lowest BCUT2D eigenvalue weighted by Crippen LogP contribution is -2.32. The number of likely N-dealkylation sites (tertiary alicyclic amines) is 1. The van der Waals surface area contributed by atoms with Gasteiger partial charge in [0.1, 0.15) is 0 Å². The van der Waals surface area contributed by atoms with Crippen molar-refractivity contribution in [1.29, 1.82) is 0 Å². The van der Waals surface area contributed by atoms with Crippen molar-refractivity contribution < 1.29 is 9.90 Å². The van der Waals surface area contributed by atoms with Gasteiger partial charge >= 0.3 is 0 Å². The first-order chi connectivity index (χ1) is 9.74. The summed E-state index contributed by atoms with van der Waals surface area (Å²) in [7, 11) is 0. The second kappa shape index (κ2) is 5.59. The number of rotatable bonds is 1. The van der Waals surface area contributed by atoms with Crippen molar-refractivity contribution in [2.24, 2.45) is 0 Å². The van der Waals surface area contributed by atoms with Gasteiger partial charge in [0.25, 0.3) is 5.91 Å². The Bertz CT molecular complexity index is 627. The SMILES string of the molecule is O=C(c1cnc2ccccc2c1)N1CCC[C@H](O)CC1. The van der Waals surface area contributed by atoms with E-state index >= 15 is 0 Å². The summed E-state index contributed by atoms with van der Waals surface area (Å²) in [6, 6.07) is 9.68. The van der Waals surface area contributed by atoms with Crippen LogP contribution in [0.1, 0.15) is 29.6 Å². The molecule has 1 aliphatic heterocycles. The van der Waals surface area contributed by atoms with Crippen LogP contribution in [0.2, 0.25) is 0 Å². The predicted molar refractivity (Wildman–Crippen MR) is 77.5 cm³/mol. The van der Waals surface area contributed by atoms with Gasteiger partial charge in [-0.05, 0) is 31.4 Å². The van der Waals surface area contributed by atoms with Crippen molar-refractivity contribution in [2.45, 2.75) is 25.4 Å². The fourth-order valence-electron chi connectivity index (χ4n) is 2.65. The highest BCUT2D eigenvalue weighted by atomic mass is 16.3. The number of carbonyl (C=O) groups excluding carboxylic acids is 1. The molecule has 1 aliphatic rings. The molecule has 0 spiro atoms. The topological polar surface area (TPSA) is 53.4 Å². The van der Waals surface area contributed by atoms with Gasteiger partial charge < -0.3 is 10.0 Å². The Kier molecular flexibility index (Phi) is 3.65. The van der Waals surface area contributed by atoms with Gasteiger partial charge in [0, 0.05) is 24.7 Å². The molecule has 0 saturated carbocycles. The number of nitrogens with zero attached hydrogens (tertiary/aromatic N) is 2. The smallest absolute Gasteiger partial charge is 0.255 e. The van der Waals surface area contributed by atoms with E-state index in [1.807, 2.05) is 35.2 Å². The molecule has 1 amide bonds. The van der Waals surface area contributed by atoms with Crippen molar-refractivity contribution >= 4 is 16.8 Å². The molecule has 0 unspecified atom stereocenters. The molecule has 4 heteroatoms. The number of aliphatic hydroxyl groups is 1. The summed E-state index contributed by atoms with van der Waals surface area (Å²) in [5.74, 6) is 0.0114. The molecular weight excluding hydrogens is 252 g/mol. The number of benzene rings is 1. The van der Waals surface area contributed by atoms with Gasteiger partial charge in [0.05, 0.1) is 17.2 Å². The number of aromatic nitrogens is 1. The van der Waals surface area contributed by atoms with Crippen molar-refractivity contribution in [2.75, 3.05) is 13.1 Å². The third kappa shape index (κ3) is 2.65. The molecule has 3 rings (SSSR count). The van der Waals surface area contributed by atoms with E-state index in [2.05, 4.69) is 4.98 Å². The predicted octanol–water partition coefficient (Wildman–Crippen LogP) is 2.22. The van der Waals surface area contributed by atoms with E-state index in [9.17, 15) is 9.90 Å². The van der Waals surface area contributed by atoms with Gasteiger partial charge in [0.15, 0.2) is 0 Å². The van der Waals surface area contributed by atoms with Crippen molar-refractivity contribution in [3.05, 3.63) is 42.1 Å². The molecule has 20 heavy (non-hydrogen) atoms. The molecule has 2 heterocycles. The van der Waals surface area contributed by atoms with Crippen LogP contribution in [0.4, 0.5) is 0 Å². The van der Waals surface area contributed by atoms with E-state index in [1.54, 1.807) is 6.20 Å². The number of para-hydroxylation sites is 1. The van der Waals surface area contributed by atoms with Crippen LogP contribution in [-0.2, 0) is 0 Å². The van der Waals surface area contributed by atoms with E-state index < -0.39 is 0 Å². The van der Waals surface area contributed by atoms with E-state index in [0.717, 1.165) is 23.7 Å². The molecule has 2 aromatic rings. The molecule has 104 valence electrons. The molecule has 1 N–H and O–H groups in total. The van der Waals surface area contributed by atoms with Crippen LogP contribution < -0.4 is 0 Å². The fraction of sp³-hybridized carbons (Fsp3) is 0.375. The van der Waals surface area contributed by atoms with Gasteiger partial charge in [-0.1, -0.05) is 18.2 Å². The number of hydrogen-bond donors (Lipinski definition) is 1. The first-order valence-electron chi connectivity index (χ1n) is 7.06. The molecule has 1 saturated heterocycles. The van der Waals surface area contributed by atoms with Crippen molar-refractivity contribution in [1.82, 2.24) is 9.88 Å². The number of amides is 1. The number of carbonyl (C=O) groups is 1. The number of aliphatic hydroxyl groups excluding tert-OH is 1. The molecule has 0 radical (unpaired) electrons. The molecule has 1 atom stereocenters. The Labute approximate surface area is 118 Å². The Balaban J connectivity index is 1.84. The quantitative estimate of drug-likeness (QED) is 0.864. The Morgan fingerprint density at radius 3 is 3.00 bits per heavy atom. The Hall–Kier alpha value is -1.94. The Morgan fingerprint density at radius 1 is 1.25 bits per heavy atom. The second-order valence-corrected chi connectivity index (χ2v) is 5.29. The average molecular weight is 270 g/mol. The minimum atomic E-state index is -0.275. The maximum Gasteiger partial charge on any atom is 0.255 e. The number of hydrogen-bond acceptors (Lipinski definition) is 3. The molecule has 4 nitrogen and oxygen atoms in total. The highest BCUT2D eigenvalue weighted by molar-refractivity contribution is 5.97. The monoisotopic (exact) mass is 270 g/mol. The first-order valence-corrected chi connectivity index (χ1v) is 7.06. The maximum atomic E-state index is 12.5. The van der Waals surface area contributed by atoms with Crippen LogP contribution in [0.15, 0.2) is 36.5 Å². The second-order valence-electron chi connectivity index (χ2n) is 5.29. The fourth-order valence-corrected chi connectivity index (χ4v) is 2.65. The van der Waals surface area contributed by atoms with Crippen molar-refractivity contribution in [3.8, 4) is 0 Å². The zero-order valence-corrected chi connectivity index (χ0v) is 11.3. The van der Waals surface area contributed by atoms with Crippen LogP contribution in [0, 0.1) is 0 Å². The summed E-state index contributed by atoms with van der Waals surface area (Å²) >= 11 is 0. The minimum absolute atomic E-state index is 0.0114. The van der Waals surface area contributed by atoms with E-state index in [0.29, 0.717) is 25.1 Å². The molecule has 1 aromatic carbocycles. The van der Waals surface area contributed by atoms with Crippen molar-refractivity contribution in [3.63, 3.8) is 0 Å². The van der Waals surface area contributed by atoms with Crippen LogP contribution >= 0.6 is 0 Å². The van der Waals surface area contributed by atoms with Crippen LogP contribution in [0.25, 0.3) is 10.9 Å². The number of fused-ring (bicyclic) bond motifs is 1. The lowest BCUT2D eigenvalue weighted by Gasteiger charge is -2.20. The summed E-state index contributed by atoms with van der Waals surface area (Å²) in [6.45, 7) is 1.33. The summed E-state index contributed by atoms with van der Waals surface area (Å²) in [4.78, 5) is 18.7. The minimum Gasteiger partial charge on any atom is -0.393 e. The normalized spacial score (nSPS) is 19.9. The maximum absolute atomic E-state index is 12.5. The lowest BCUT2D eigenvalue weighted by molar-refractivity contribution is 0.0753. The summed E-state index contributed by atoms with van der Waals surface area (Å²) in [6.07, 6.45) is 3.66. The Morgan fingerprint density at radius 2 is 2.10 bits per heavy atom. The van der Waals surface area contributed by atoms with Crippen LogP contribution in [-0.4, -0.2) is 40.1 Å². The molecule has 1 aromatic heterocycles. The molecular formula is C16H18N2O2. The largest absolute Gasteiger partial charge is 0.393 e. The molecule has 0 aliphatic carbocycles.